The van der Waals surface area contributed by atoms with Gasteiger partial charge in [0.2, 0.25) is 5.91 Å². The first-order valence-electron chi connectivity index (χ1n) is 9.45. The summed E-state index contributed by atoms with van der Waals surface area (Å²) >= 11 is 0. The molecule has 0 aliphatic rings. The number of carbonyl (C=O) groups is 1. The summed E-state index contributed by atoms with van der Waals surface area (Å²) in [5.74, 6) is -0.0477. The highest BCUT2D eigenvalue weighted by Crippen LogP contribution is 2.22. The van der Waals surface area contributed by atoms with Gasteiger partial charge in [-0.15, -0.1) is 0 Å². The Hall–Kier alpha value is -2.17. The first kappa shape index (κ1) is 20.1. The summed E-state index contributed by atoms with van der Waals surface area (Å²) in [5.41, 5.74) is 3.34. The van der Waals surface area contributed by atoms with E-state index in [1.54, 1.807) is 0 Å². The molecule has 2 atom stereocenters. The summed E-state index contributed by atoms with van der Waals surface area (Å²) in [6.07, 6.45) is 0. The van der Waals surface area contributed by atoms with Crippen molar-refractivity contribution >= 4 is 11.6 Å². The molecule has 0 aliphatic carbocycles. The minimum atomic E-state index is -0.0477. The first-order chi connectivity index (χ1) is 12.5. The van der Waals surface area contributed by atoms with Crippen LogP contribution in [0, 0.1) is 0 Å². The van der Waals surface area contributed by atoms with Gasteiger partial charge in [0.15, 0.2) is 0 Å². The van der Waals surface area contributed by atoms with Gasteiger partial charge in [-0.1, -0.05) is 56.3 Å². The van der Waals surface area contributed by atoms with E-state index in [1.807, 2.05) is 18.2 Å². The van der Waals surface area contributed by atoms with E-state index < -0.39 is 0 Å². The van der Waals surface area contributed by atoms with Crippen LogP contribution in [0.15, 0.2) is 54.6 Å². The predicted molar refractivity (Wildman–Crippen MR) is 109 cm³/mol. The third-order valence-electron chi connectivity index (χ3n) is 4.76. The van der Waals surface area contributed by atoms with Gasteiger partial charge in [0.1, 0.15) is 0 Å². The molecule has 26 heavy (non-hydrogen) atoms. The normalized spacial score (nSPS) is 13.4. The Morgan fingerprint density at radius 1 is 1.00 bits per heavy atom. The average Bonchev–Trinajstić information content (AvgIpc) is 2.65. The van der Waals surface area contributed by atoms with Gasteiger partial charge in [-0.2, -0.15) is 0 Å². The number of nitrogens with zero attached hydrogens (tertiary/aromatic N) is 1. The Kier molecular flexibility index (Phi) is 7.82. The summed E-state index contributed by atoms with van der Waals surface area (Å²) in [6.45, 7) is 11.0. The molecule has 4 heteroatoms. The number of hydrogen-bond acceptors (Lipinski definition) is 3. The van der Waals surface area contributed by atoms with Crippen molar-refractivity contribution in [3.05, 3.63) is 65.7 Å². The molecule has 1 amide bonds. The fourth-order valence-electron chi connectivity index (χ4n) is 3.29. The van der Waals surface area contributed by atoms with Gasteiger partial charge in [-0.05, 0) is 43.3 Å². The lowest BCUT2D eigenvalue weighted by atomic mass is 10.0. The number of nitrogens with one attached hydrogen (secondary N) is 2. The maximum atomic E-state index is 11.3. The molecule has 4 nitrogen and oxygen atoms in total. The van der Waals surface area contributed by atoms with Crippen molar-refractivity contribution in [2.45, 2.75) is 39.8 Å². The summed E-state index contributed by atoms with van der Waals surface area (Å²) < 4.78 is 0. The third-order valence-corrected chi connectivity index (χ3v) is 4.76. The van der Waals surface area contributed by atoms with Crippen molar-refractivity contribution in [2.75, 3.05) is 25.0 Å². The monoisotopic (exact) mass is 353 g/mol. The van der Waals surface area contributed by atoms with Crippen molar-refractivity contribution in [1.82, 2.24) is 10.2 Å². The Morgan fingerprint density at radius 2 is 1.65 bits per heavy atom. The maximum absolute atomic E-state index is 11.3. The third kappa shape index (κ3) is 5.68. The van der Waals surface area contributed by atoms with Crippen LogP contribution in [0.1, 0.15) is 50.9 Å². The minimum Gasteiger partial charge on any atom is -0.326 e. The molecule has 2 aromatic carbocycles. The lowest BCUT2D eigenvalue weighted by molar-refractivity contribution is -0.114. The minimum absolute atomic E-state index is 0.0477. The number of anilines is 1. The van der Waals surface area contributed by atoms with Gasteiger partial charge in [0.05, 0.1) is 0 Å². The van der Waals surface area contributed by atoms with Crippen LogP contribution < -0.4 is 10.6 Å². The second-order valence-corrected chi connectivity index (χ2v) is 6.58. The van der Waals surface area contributed by atoms with E-state index in [-0.39, 0.29) is 11.9 Å². The topological polar surface area (TPSA) is 44.4 Å². The molecule has 0 heterocycles. The van der Waals surface area contributed by atoms with Gasteiger partial charge < -0.3 is 10.6 Å². The standard InChI is InChI=1S/C22H31N3O/c1-5-25(6-2)22(19-11-8-7-9-12-19)16-23-17(3)20-13-10-14-21(15-20)24-18(4)26/h7-15,17,22-23H,5-6,16H2,1-4H3,(H,24,26). The maximum Gasteiger partial charge on any atom is 0.221 e. The molecule has 2 N–H and O–H groups in total. The Bertz CT molecular complexity index is 683. The van der Waals surface area contributed by atoms with Crippen molar-refractivity contribution in [3.63, 3.8) is 0 Å². The van der Waals surface area contributed by atoms with Crippen LogP contribution >= 0.6 is 0 Å². The molecule has 0 radical (unpaired) electrons. The van der Waals surface area contributed by atoms with Crippen LogP contribution in [0.5, 0.6) is 0 Å². The van der Waals surface area contributed by atoms with Gasteiger partial charge in [0, 0.05) is 31.2 Å². The molecule has 0 saturated heterocycles. The van der Waals surface area contributed by atoms with Gasteiger partial charge >= 0.3 is 0 Å². The van der Waals surface area contributed by atoms with Crippen LogP contribution in [0.4, 0.5) is 5.69 Å². The number of likely N-dealkylation sites (N-methyl/N-ethyl adjacent to an activating group) is 1. The molecule has 0 aromatic heterocycles. The highest BCUT2D eigenvalue weighted by Gasteiger charge is 2.18. The van der Waals surface area contributed by atoms with Crippen LogP contribution in [0.3, 0.4) is 0 Å². The summed E-state index contributed by atoms with van der Waals surface area (Å²) in [4.78, 5) is 13.8. The molecule has 140 valence electrons. The van der Waals surface area contributed by atoms with E-state index in [9.17, 15) is 4.79 Å². The molecule has 2 rings (SSSR count). The zero-order valence-electron chi connectivity index (χ0n) is 16.3. The first-order valence-corrected chi connectivity index (χ1v) is 9.45. The van der Waals surface area contributed by atoms with Crippen molar-refractivity contribution in [1.29, 1.82) is 0 Å². The predicted octanol–water partition coefficient (Wildman–Crippen LogP) is 4.38. The van der Waals surface area contributed by atoms with E-state index >= 15 is 0 Å². The SMILES string of the molecule is CCN(CC)C(CNC(C)c1cccc(NC(C)=O)c1)c1ccccc1. The number of carbonyl (C=O) groups excluding carboxylic acids is 1. The molecule has 2 aromatic rings. The molecule has 0 bridgehead atoms. The summed E-state index contributed by atoms with van der Waals surface area (Å²) in [7, 11) is 0. The highest BCUT2D eigenvalue weighted by molar-refractivity contribution is 5.88. The molecule has 0 aliphatic heterocycles. The largest absolute Gasteiger partial charge is 0.326 e. The van der Waals surface area contributed by atoms with Gasteiger partial charge in [-0.25, -0.2) is 0 Å². The average molecular weight is 354 g/mol. The molecule has 2 unspecified atom stereocenters. The number of benzene rings is 2. The highest BCUT2D eigenvalue weighted by atomic mass is 16.1. The number of rotatable bonds is 9. The fraction of sp³-hybridized carbons (Fsp3) is 0.409. The number of hydrogen-bond donors (Lipinski definition) is 2. The van der Waals surface area contributed by atoms with Crippen molar-refractivity contribution < 1.29 is 4.79 Å². The summed E-state index contributed by atoms with van der Waals surface area (Å²) in [5, 5.41) is 6.53. The van der Waals surface area contributed by atoms with E-state index in [1.165, 1.54) is 18.1 Å². The molecular formula is C22H31N3O. The molecular weight excluding hydrogens is 322 g/mol. The Balaban J connectivity index is 2.09. The van der Waals surface area contributed by atoms with E-state index in [0.717, 1.165) is 25.3 Å². The lowest BCUT2D eigenvalue weighted by Gasteiger charge is -2.31. The lowest BCUT2D eigenvalue weighted by Crippen LogP contribution is -2.36. The quantitative estimate of drug-likeness (QED) is 0.703. The second kappa shape index (κ2) is 10.1. The Morgan fingerprint density at radius 3 is 2.27 bits per heavy atom. The van der Waals surface area contributed by atoms with Gasteiger partial charge in [0.25, 0.3) is 0 Å². The van der Waals surface area contributed by atoms with Crippen LogP contribution in [-0.2, 0) is 4.79 Å². The molecule has 0 saturated carbocycles. The zero-order chi connectivity index (χ0) is 18.9. The van der Waals surface area contributed by atoms with E-state index in [4.69, 9.17) is 0 Å². The van der Waals surface area contributed by atoms with E-state index in [2.05, 4.69) is 72.7 Å². The van der Waals surface area contributed by atoms with E-state index in [0.29, 0.717) is 6.04 Å². The van der Waals surface area contributed by atoms with Crippen LogP contribution in [0.25, 0.3) is 0 Å². The zero-order valence-corrected chi connectivity index (χ0v) is 16.3. The van der Waals surface area contributed by atoms with Gasteiger partial charge in [-0.3, -0.25) is 9.69 Å². The number of amides is 1. The summed E-state index contributed by atoms with van der Waals surface area (Å²) in [6, 6.07) is 19.2. The van der Waals surface area contributed by atoms with Crippen molar-refractivity contribution in [3.8, 4) is 0 Å². The molecule has 0 spiro atoms. The molecule has 0 fully saturated rings. The van der Waals surface area contributed by atoms with Crippen LogP contribution in [0.2, 0.25) is 0 Å². The second-order valence-electron chi connectivity index (χ2n) is 6.58. The van der Waals surface area contributed by atoms with Crippen molar-refractivity contribution in [2.24, 2.45) is 0 Å². The van der Waals surface area contributed by atoms with Crippen LogP contribution in [-0.4, -0.2) is 30.4 Å². The fourth-order valence-corrected chi connectivity index (χ4v) is 3.29. The smallest absolute Gasteiger partial charge is 0.221 e. The Labute approximate surface area is 157 Å².